The topological polar surface area (TPSA) is 73.9 Å². The molecule has 0 atom stereocenters. The number of ether oxygens (including phenoxy) is 1. The third kappa shape index (κ3) is 4.48. The van der Waals surface area contributed by atoms with E-state index in [1.165, 1.54) is 30.3 Å². The Morgan fingerprint density at radius 3 is 2.26 bits per heavy atom. The van der Waals surface area contributed by atoms with Crippen molar-refractivity contribution in [1.82, 2.24) is 15.0 Å². The Labute approximate surface area is 176 Å². The predicted molar refractivity (Wildman–Crippen MR) is 111 cm³/mol. The standard InChI is InChI=1S/C23H17F3N4O/c1-13-11-15(12-18(28-13)21(25)26)19-20(14-7-9-16(24)10-8-14)29-23(27)30-22(19)31-17-5-3-2-4-6-17/h2-12,21H,1H3,(H2,27,29,30). The molecule has 0 aliphatic carbocycles. The fourth-order valence-corrected chi connectivity index (χ4v) is 3.16. The molecule has 0 unspecified atom stereocenters. The Morgan fingerprint density at radius 2 is 1.58 bits per heavy atom. The normalized spacial score (nSPS) is 11.0. The molecule has 0 saturated carbocycles. The SMILES string of the molecule is Cc1cc(-c2c(Oc3ccccc3)nc(N)nc2-c2ccc(F)cc2)cc(C(F)F)n1. The van der Waals surface area contributed by atoms with Crippen LogP contribution in [0, 0.1) is 12.7 Å². The van der Waals surface area contributed by atoms with Gasteiger partial charge in [0.25, 0.3) is 6.43 Å². The van der Waals surface area contributed by atoms with Crippen LogP contribution in [0.2, 0.25) is 0 Å². The van der Waals surface area contributed by atoms with Crippen molar-refractivity contribution in [2.45, 2.75) is 13.3 Å². The number of hydrogen-bond acceptors (Lipinski definition) is 5. The van der Waals surface area contributed by atoms with Gasteiger partial charge in [-0.3, -0.25) is 4.98 Å². The summed E-state index contributed by atoms with van der Waals surface area (Å²) in [6.07, 6.45) is -2.76. The van der Waals surface area contributed by atoms with Gasteiger partial charge in [0.2, 0.25) is 11.8 Å². The maximum atomic E-state index is 13.5. The highest BCUT2D eigenvalue weighted by molar-refractivity contribution is 5.85. The van der Waals surface area contributed by atoms with E-state index in [1.54, 1.807) is 37.3 Å². The lowest BCUT2D eigenvalue weighted by Crippen LogP contribution is -2.04. The minimum absolute atomic E-state index is 0.0751. The lowest BCUT2D eigenvalue weighted by molar-refractivity contribution is 0.146. The summed E-state index contributed by atoms with van der Waals surface area (Å²) in [5.74, 6) is 0.0669. The third-order valence-electron chi connectivity index (χ3n) is 4.45. The molecule has 0 saturated heterocycles. The molecule has 2 aromatic heterocycles. The molecule has 0 fully saturated rings. The largest absolute Gasteiger partial charge is 0.438 e. The summed E-state index contributed by atoms with van der Waals surface area (Å²) in [4.78, 5) is 12.4. The minimum Gasteiger partial charge on any atom is -0.438 e. The van der Waals surface area contributed by atoms with Gasteiger partial charge in [0.05, 0.1) is 11.3 Å². The maximum Gasteiger partial charge on any atom is 0.280 e. The molecule has 0 spiro atoms. The number of pyridine rings is 1. The van der Waals surface area contributed by atoms with E-state index in [1.807, 2.05) is 6.07 Å². The van der Waals surface area contributed by atoms with Crippen molar-refractivity contribution in [2.24, 2.45) is 0 Å². The van der Waals surface area contributed by atoms with Crippen molar-refractivity contribution in [2.75, 3.05) is 5.73 Å². The fraction of sp³-hybridized carbons (Fsp3) is 0.0870. The summed E-state index contributed by atoms with van der Waals surface area (Å²) < 4.78 is 46.3. The first kappa shape index (κ1) is 20.3. The molecule has 8 heteroatoms. The molecule has 0 bridgehead atoms. The van der Waals surface area contributed by atoms with Crippen LogP contribution in [0.25, 0.3) is 22.4 Å². The van der Waals surface area contributed by atoms with Gasteiger partial charge in [-0.15, -0.1) is 0 Å². The Balaban J connectivity index is 1.99. The highest BCUT2D eigenvalue weighted by Gasteiger charge is 2.22. The molecule has 2 heterocycles. The zero-order valence-electron chi connectivity index (χ0n) is 16.4. The Kier molecular flexibility index (Phi) is 5.53. The molecule has 2 N–H and O–H groups in total. The van der Waals surface area contributed by atoms with E-state index >= 15 is 0 Å². The number of rotatable bonds is 5. The van der Waals surface area contributed by atoms with Crippen molar-refractivity contribution in [3.8, 4) is 34.0 Å². The smallest absolute Gasteiger partial charge is 0.280 e. The molecule has 0 amide bonds. The van der Waals surface area contributed by atoms with Crippen LogP contribution in [-0.2, 0) is 0 Å². The minimum atomic E-state index is -2.76. The van der Waals surface area contributed by atoms with Crippen molar-refractivity contribution < 1.29 is 17.9 Å². The van der Waals surface area contributed by atoms with Gasteiger partial charge < -0.3 is 10.5 Å². The second kappa shape index (κ2) is 8.43. The summed E-state index contributed by atoms with van der Waals surface area (Å²) in [6.45, 7) is 1.61. The molecule has 0 aliphatic rings. The molecule has 31 heavy (non-hydrogen) atoms. The van der Waals surface area contributed by atoms with E-state index in [0.717, 1.165) is 0 Å². The van der Waals surface area contributed by atoms with Crippen LogP contribution < -0.4 is 10.5 Å². The Morgan fingerprint density at radius 1 is 0.871 bits per heavy atom. The van der Waals surface area contributed by atoms with E-state index in [2.05, 4.69) is 15.0 Å². The quantitative estimate of drug-likeness (QED) is 0.429. The second-order valence-electron chi connectivity index (χ2n) is 6.76. The molecule has 0 aliphatic heterocycles. The third-order valence-corrected chi connectivity index (χ3v) is 4.45. The van der Waals surface area contributed by atoms with E-state index in [4.69, 9.17) is 10.5 Å². The molecular weight excluding hydrogens is 405 g/mol. The fourth-order valence-electron chi connectivity index (χ4n) is 3.16. The number of aryl methyl sites for hydroxylation is 1. The number of aromatic nitrogens is 3. The maximum absolute atomic E-state index is 13.5. The van der Waals surface area contributed by atoms with Crippen molar-refractivity contribution in [3.05, 3.63) is 83.9 Å². The van der Waals surface area contributed by atoms with E-state index < -0.39 is 12.2 Å². The summed E-state index contributed by atoms with van der Waals surface area (Å²) >= 11 is 0. The average molecular weight is 422 g/mol. The van der Waals surface area contributed by atoms with E-state index in [9.17, 15) is 13.2 Å². The zero-order chi connectivity index (χ0) is 22.0. The van der Waals surface area contributed by atoms with Gasteiger partial charge in [-0.05, 0) is 61.0 Å². The zero-order valence-corrected chi connectivity index (χ0v) is 16.4. The van der Waals surface area contributed by atoms with Gasteiger partial charge in [0.15, 0.2) is 0 Å². The highest BCUT2D eigenvalue weighted by Crippen LogP contribution is 2.40. The van der Waals surface area contributed by atoms with Gasteiger partial charge in [0.1, 0.15) is 17.3 Å². The summed E-state index contributed by atoms with van der Waals surface area (Å²) in [5.41, 5.74) is 7.50. The number of halogens is 3. The molecule has 5 nitrogen and oxygen atoms in total. The van der Waals surface area contributed by atoms with Crippen LogP contribution in [-0.4, -0.2) is 15.0 Å². The molecule has 156 valence electrons. The number of nitrogens with zero attached hydrogens (tertiary/aromatic N) is 3. The first-order valence-electron chi connectivity index (χ1n) is 9.34. The van der Waals surface area contributed by atoms with E-state index in [0.29, 0.717) is 33.8 Å². The number of nitrogen functional groups attached to an aromatic ring is 1. The van der Waals surface area contributed by atoms with E-state index in [-0.39, 0.29) is 17.5 Å². The lowest BCUT2D eigenvalue weighted by Gasteiger charge is -2.16. The van der Waals surface area contributed by atoms with Crippen molar-refractivity contribution >= 4 is 5.95 Å². The van der Waals surface area contributed by atoms with Crippen LogP contribution in [0.15, 0.2) is 66.7 Å². The number of hydrogen-bond donors (Lipinski definition) is 1. The predicted octanol–water partition coefficient (Wildman–Crippen LogP) is 5.97. The van der Waals surface area contributed by atoms with Crippen LogP contribution in [0.3, 0.4) is 0 Å². The molecular formula is C23H17F3N4O. The van der Waals surface area contributed by atoms with Crippen LogP contribution in [0.5, 0.6) is 11.6 Å². The summed E-state index contributed by atoms with van der Waals surface area (Å²) in [6, 6.07) is 17.3. The van der Waals surface area contributed by atoms with Gasteiger partial charge in [-0.1, -0.05) is 18.2 Å². The number of anilines is 1. The second-order valence-corrected chi connectivity index (χ2v) is 6.76. The van der Waals surface area contributed by atoms with Gasteiger partial charge >= 0.3 is 0 Å². The van der Waals surface area contributed by atoms with Gasteiger partial charge in [-0.25, -0.2) is 18.2 Å². The molecule has 4 aromatic rings. The van der Waals surface area contributed by atoms with Crippen LogP contribution in [0.4, 0.5) is 19.1 Å². The lowest BCUT2D eigenvalue weighted by atomic mass is 9.99. The molecule has 4 rings (SSSR count). The van der Waals surface area contributed by atoms with Gasteiger partial charge in [-0.2, -0.15) is 4.98 Å². The monoisotopic (exact) mass is 422 g/mol. The summed E-state index contributed by atoms with van der Waals surface area (Å²) in [7, 11) is 0. The molecule has 0 radical (unpaired) electrons. The highest BCUT2D eigenvalue weighted by atomic mass is 19.3. The summed E-state index contributed by atoms with van der Waals surface area (Å²) in [5, 5.41) is 0. The molecule has 2 aromatic carbocycles. The van der Waals surface area contributed by atoms with Crippen LogP contribution in [0.1, 0.15) is 17.8 Å². The van der Waals surface area contributed by atoms with Gasteiger partial charge in [0, 0.05) is 11.3 Å². The number of para-hydroxylation sites is 1. The first-order chi connectivity index (χ1) is 14.9. The van der Waals surface area contributed by atoms with Crippen LogP contribution >= 0.6 is 0 Å². The van der Waals surface area contributed by atoms with Crippen molar-refractivity contribution in [1.29, 1.82) is 0 Å². The average Bonchev–Trinajstić information content (AvgIpc) is 2.74. The number of alkyl halides is 2. The first-order valence-corrected chi connectivity index (χ1v) is 9.34. The Bertz CT molecular complexity index is 1220. The number of benzene rings is 2. The Hall–Kier alpha value is -3.94. The number of nitrogens with two attached hydrogens (primary N) is 1. The van der Waals surface area contributed by atoms with Crippen molar-refractivity contribution in [3.63, 3.8) is 0 Å².